The number of hydrogen-bond acceptors (Lipinski definition) is 4. The van der Waals surface area contributed by atoms with Gasteiger partial charge in [-0.1, -0.05) is 0 Å². The number of rotatable bonds is 3. The van der Waals surface area contributed by atoms with Crippen LogP contribution in [0, 0.1) is 11.3 Å². The average Bonchev–Trinajstić information content (AvgIpc) is 2.76. The first kappa shape index (κ1) is 18.0. The molecule has 6 heteroatoms. The topological polar surface area (TPSA) is 53.1 Å². The summed E-state index contributed by atoms with van der Waals surface area (Å²) < 4.78 is 5.43. The van der Waals surface area contributed by atoms with Crippen LogP contribution in [0.2, 0.25) is 0 Å². The molecule has 0 saturated carbocycles. The fraction of sp³-hybridized carbons (Fsp3) is 0.882. The molecule has 2 saturated heterocycles. The highest BCUT2D eigenvalue weighted by molar-refractivity contribution is 5.79. The molecule has 0 aliphatic carbocycles. The van der Waals surface area contributed by atoms with E-state index in [0.29, 0.717) is 19.2 Å². The van der Waals surface area contributed by atoms with Crippen LogP contribution in [0.15, 0.2) is 0 Å². The van der Waals surface area contributed by atoms with Gasteiger partial charge in [0.1, 0.15) is 0 Å². The Morgan fingerprint density at radius 1 is 1.30 bits per heavy atom. The van der Waals surface area contributed by atoms with Gasteiger partial charge in [0.05, 0.1) is 12.0 Å². The minimum Gasteiger partial charge on any atom is -0.466 e. The van der Waals surface area contributed by atoms with Crippen molar-refractivity contribution in [2.75, 3.05) is 46.9 Å². The molecular weight excluding hydrogens is 294 g/mol. The Balaban J connectivity index is 2.26. The van der Waals surface area contributed by atoms with E-state index >= 15 is 0 Å². The maximum atomic E-state index is 12.8. The maximum absolute atomic E-state index is 12.8. The molecule has 6 nitrogen and oxygen atoms in total. The van der Waals surface area contributed by atoms with E-state index in [2.05, 4.69) is 18.7 Å². The van der Waals surface area contributed by atoms with Crippen LogP contribution in [0.25, 0.3) is 0 Å². The second-order valence-corrected chi connectivity index (χ2v) is 7.32. The Hall–Kier alpha value is -1.30. The van der Waals surface area contributed by atoms with Gasteiger partial charge in [-0.3, -0.25) is 9.69 Å². The summed E-state index contributed by atoms with van der Waals surface area (Å²) in [7, 11) is 3.56. The maximum Gasteiger partial charge on any atom is 0.319 e. The lowest BCUT2D eigenvalue weighted by molar-refractivity contribution is -0.157. The second kappa shape index (κ2) is 7.07. The summed E-state index contributed by atoms with van der Waals surface area (Å²) in [5, 5.41) is 0. The second-order valence-electron chi connectivity index (χ2n) is 7.32. The lowest BCUT2D eigenvalue weighted by Crippen LogP contribution is -2.45. The van der Waals surface area contributed by atoms with Crippen molar-refractivity contribution in [3.8, 4) is 0 Å². The van der Waals surface area contributed by atoms with Gasteiger partial charge in [0.15, 0.2) is 0 Å². The minimum absolute atomic E-state index is 0.0349. The van der Waals surface area contributed by atoms with Crippen LogP contribution in [0.5, 0.6) is 0 Å². The third kappa shape index (κ3) is 3.47. The summed E-state index contributed by atoms with van der Waals surface area (Å²) >= 11 is 0. The van der Waals surface area contributed by atoms with Crippen molar-refractivity contribution in [1.82, 2.24) is 14.7 Å². The molecule has 0 aromatic rings. The highest BCUT2D eigenvalue weighted by atomic mass is 16.5. The van der Waals surface area contributed by atoms with Gasteiger partial charge in [-0.2, -0.15) is 0 Å². The molecule has 2 fully saturated rings. The van der Waals surface area contributed by atoms with Gasteiger partial charge in [0.25, 0.3) is 0 Å². The first-order valence-electron chi connectivity index (χ1n) is 8.69. The number of fused-ring (bicyclic) bond motifs is 1. The Morgan fingerprint density at radius 2 is 2.00 bits per heavy atom. The van der Waals surface area contributed by atoms with E-state index in [9.17, 15) is 9.59 Å². The van der Waals surface area contributed by atoms with Gasteiger partial charge in [-0.15, -0.1) is 0 Å². The Bertz CT molecular complexity index is 452. The highest BCUT2D eigenvalue weighted by Gasteiger charge is 2.54. The van der Waals surface area contributed by atoms with Crippen LogP contribution < -0.4 is 0 Å². The molecule has 2 aliphatic heterocycles. The van der Waals surface area contributed by atoms with Crippen LogP contribution >= 0.6 is 0 Å². The molecular formula is C17H31N3O3. The Labute approximate surface area is 139 Å². The fourth-order valence-electron chi connectivity index (χ4n) is 3.93. The number of carbonyl (C=O) groups excluding carboxylic acids is 2. The molecule has 0 N–H and O–H groups in total. The number of nitrogens with zero attached hydrogens (tertiary/aromatic N) is 3. The first-order valence-corrected chi connectivity index (χ1v) is 8.69. The largest absolute Gasteiger partial charge is 0.466 e. The molecule has 0 radical (unpaired) electrons. The van der Waals surface area contributed by atoms with E-state index in [-0.39, 0.29) is 17.9 Å². The number of esters is 1. The van der Waals surface area contributed by atoms with Crippen LogP contribution in [0.3, 0.4) is 0 Å². The van der Waals surface area contributed by atoms with Crippen LogP contribution in [0.1, 0.15) is 33.6 Å². The summed E-state index contributed by atoms with van der Waals surface area (Å²) in [6.07, 6.45) is 1.65. The van der Waals surface area contributed by atoms with Crippen molar-refractivity contribution in [2.24, 2.45) is 11.3 Å². The summed E-state index contributed by atoms with van der Waals surface area (Å²) in [6, 6.07) is 0.430. The molecule has 2 atom stereocenters. The van der Waals surface area contributed by atoms with Crippen molar-refractivity contribution in [2.45, 2.75) is 39.7 Å². The quantitative estimate of drug-likeness (QED) is 0.741. The molecule has 2 heterocycles. The van der Waals surface area contributed by atoms with Gasteiger partial charge in [-0.25, -0.2) is 4.79 Å². The Kier molecular flexibility index (Phi) is 5.55. The number of hydrogen-bond donors (Lipinski definition) is 0. The molecule has 0 aromatic heterocycles. The molecule has 132 valence electrons. The van der Waals surface area contributed by atoms with Crippen LogP contribution in [0.4, 0.5) is 4.79 Å². The zero-order valence-electron chi connectivity index (χ0n) is 15.2. The zero-order chi connectivity index (χ0) is 17.2. The molecule has 0 spiro atoms. The van der Waals surface area contributed by atoms with E-state index in [1.54, 1.807) is 19.0 Å². The Morgan fingerprint density at radius 3 is 2.57 bits per heavy atom. The van der Waals surface area contributed by atoms with E-state index in [0.717, 1.165) is 32.5 Å². The molecule has 0 bridgehead atoms. The van der Waals surface area contributed by atoms with E-state index in [1.807, 2.05) is 11.8 Å². The number of amides is 2. The highest BCUT2D eigenvalue weighted by Crippen LogP contribution is 2.44. The molecule has 2 rings (SSSR count). The van der Waals surface area contributed by atoms with Gasteiger partial charge in [0, 0.05) is 52.2 Å². The number of urea groups is 1. The molecule has 23 heavy (non-hydrogen) atoms. The molecule has 0 unspecified atom stereocenters. The smallest absolute Gasteiger partial charge is 0.319 e. The third-order valence-corrected chi connectivity index (χ3v) is 5.28. The number of ether oxygens (including phenoxy) is 1. The SMILES string of the molecule is CCOC(=O)[C@@]12CCCN(C(=O)N(C)C)C[C@@H]1CN(C(C)C)C2. The normalized spacial score (nSPS) is 28.4. The summed E-state index contributed by atoms with van der Waals surface area (Å²) in [5.74, 6) is 0.0719. The van der Waals surface area contributed by atoms with Crippen molar-refractivity contribution in [3.05, 3.63) is 0 Å². The predicted molar refractivity (Wildman–Crippen MR) is 89.2 cm³/mol. The van der Waals surface area contributed by atoms with Crippen LogP contribution in [-0.2, 0) is 9.53 Å². The first-order chi connectivity index (χ1) is 10.8. The van der Waals surface area contributed by atoms with E-state index in [4.69, 9.17) is 4.74 Å². The average molecular weight is 325 g/mol. The molecule has 2 amide bonds. The van der Waals surface area contributed by atoms with Crippen molar-refractivity contribution in [3.63, 3.8) is 0 Å². The van der Waals surface area contributed by atoms with Gasteiger partial charge < -0.3 is 14.5 Å². The van der Waals surface area contributed by atoms with Crippen molar-refractivity contribution >= 4 is 12.0 Å². The number of carbonyl (C=O) groups is 2. The van der Waals surface area contributed by atoms with Crippen LogP contribution in [-0.4, -0.2) is 79.6 Å². The van der Waals surface area contributed by atoms with Gasteiger partial charge >= 0.3 is 12.0 Å². The third-order valence-electron chi connectivity index (χ3n) is 5.28. The zero-order valence-corrected chi connectivity index (χ0v) is 15.2. The van der Waals surface area contributed by atoms with Crippen molar-refractivity contribution < 1.29 is 14.3 Å². The summed E-state index contributed by atoms with van der Waals surface area (Å²) in [5.41, 5.74) is -0.457. The predicted octanol–water partition coefficient (Wildman–Crippen LogP) is 1.65. The van der Waals surface area contributed by atoms with Crippen molar-refractivity contribution in [1.29, 1.82) is 0 Å². The van der Waals surface area contributed by atoms with E-state index in [1.165, 1.54) is 0 Å². The van der Waals surface area contributed by atoms with Gasteiger partial charge in [-0.05, 0) is 33.6 Å². The summed E-state index contributed by atoms with van der Waals surface area (Å²) in [4.78, 5) is 31.0. The fourth-order valence-corrected chi connectivity index (χ4v) is 3.93. The standard InChI is InChI=1S/C17H31N3O3/c1-6-23-15(21)17-8-7-9-19(16(22)18(4)5)10-14(17)11-20(12-17)13(2)3/h13-14H,6-12H2,1-5H3/t14-,17-/m1/s1. The lowest BCUT2D eigenvalue weighted by Gasteiger charge is -2.32. The van der Waals surface area contributed by atoms with Gasteiger partial charge in [0.2, 0.25) is 0 Å². The lowest BCUT2D eigenvalue weighted by atomic mass is 9.75. The molecule has 0 aromatic carbocycles. The van der Waals surface area contributed by atoms with E-state index < -0.39 is 5.41 Å². The minimum atomic E-state index is -0.457. The number of likely N-dealkylation sites (tertiary alicyclic amines) is 2. The summed E-state index contributed by atoms with van der Waals surface area (Å²) in [6.45, 7) is 9.55. The monoisotopic (exact) mass is 325 g/mol. The molecule has 2 aliphatic rings.